The minimum atomic E-state index is -0.256. The minimum Gasteiger partial charge on any atom is -0.396 e. The van der Waals surface area contributed by atoms with E-state index in [-0.39, 0.29) is 24.9 Å². The van der Waals surface area contributed by atoms with Crippen LogP contribution in [0.15, 0.2) is 135 Å². The molecule has 21 N–H and O–H groups in total. The Balaban J connectivity index is 0.000000118. The van der Waals surface area contributed by atoms with Crippen LogP contribution in [-0.4, -0.2) is 147 Å². The normalized spacial score (nSPS) is 12.5. The molecule has 107 heavy (non-hydrogen) atoms. The second-order valence-electron chi connectivity index (χ2n) is 25.9. The molecule has 1 atom stereocenters. The quantitative estimate of drug-likeness (QED) is 0.0297. The number of nitrogens with zero attached hydrogens (tertiary/aromatic N) is 13. The molecule has 1 saturated carbocycles. The van der Waals surface area contributed by atoms with Gasteiger partial charge in [0, 0.05) is 143 Å². The number of methoxy groups -OCH3 is 1. The minimum absolute atomic E-state index is 0.0438. The number of hydrogen-bond donors (Lipinski definition) is 16. The molecule has 0 bridgehead atoms. The van der Waals surface area contributed by atoms with Gasteiger partial charge in [-0.25, -0.2) is 24.9 Å². The van der Waals surface area contributed by atoms with Gasteiger partial charge < -0.3 is 70.2 Å². The average molecular weight is 1530 g/mol. The van der Waals surface area contributed by atoms with Crippen LogP contribution >= 0.6 is 56.7 Å². The van der Waals surface area contributed by atoms with Gasteiger partial charge in [0.05, 0.1) is 146 Å². The van der Waals surface area contributed by atoms with E-state index in [1.54, 1.807) is 104 Å². The van der Waals surface area contributed by atoms with Crippen LogP contribution in [-0.2, 0) is 25.4 Å². The Morgan fingerprint density at radius 3 is 1.32 bits per heavy atom. The van der Waals surface area contributed by atoms with Crippen LogP contribution in [0.5, 0.6) is 0 Å². The number of aromatic amines is 4. The van der Waals surface area contributed by atoms with Crippen molar-refractivity contribution in [3.8, 4) is 52.7 Å². The highest BCUT2D eigenvalue weighted by Gasteiger charge is 2.22. The van der Waals surface area contributed by atoms with E-state index in [1.165, 1.54) is 30.4 Å². The lowest BCUT2D eigenvalue weighted by Gasteiger charge is -2.24. The number of rotatable bonds is 21. The Morgan fingerprint density at radius 1 is 0.523 bits per heavy atom. The van der Waals surface area contributed by atoms with Crippen molar-refractivity contribution in [3.05, 3.63) is 140 Å². The molecule has 0 aromatic carbocycles. The summed E-state index contributed by atoms with van der Waals surface area (Å²) in [5.74, 6) is 2.51. The smallest absolute Gasteiger partial charge is 0.126 e. The van der Waals surface area contributed by atoms with Gasteiger partial charge in [0.25, 0.3) is 0 Å². The van der Waals surface area contributed by atoms with Gasteiger partial charge >= 0.3 is 0 Å². The molecule has 554 valence electrons. The predicted molar refractivity (Wildman–Crippen MR) is 439 cm³/mol. The molecular formula is C72H83N27O3S5. The summed E-state index contributed by atoms with van der Waals surface area (Å²) in [5, 5.41) is 71.3. The van der Waals surface area contributed by atoms with Gasteiger partial charge in [-0.2, -0.15) is 30.6 Å². The maximum Gasteiger partial charge on any atom is 0.126 e. The van der Waals surface area contributed by atoms with E-state index in [0.29, 0.717) is 61.2 Å². The zero-order valence-corrected chi connectivity index (χ0v) is 63.6. The number of aliphatic hydroxyl groups excluding tert-OH is 2. The molecule has 0 amide bonds. The lowest BCUT2D eigenvalue weighted by Crippen LogP contribution is -2.32. The Hall–Kier alpha value is -11.3. The summed E-state index contributed by atoms with van der Waals surface area (Å²) in [6, 6.07) is 27.7. The molecule has 0 aliphatic heterocycles. The van der Waals surface area contributed by atoms with Crippen LogP contribution in [0, 0.1) is 0 Å². The van der Waals surface area contributed by atoms with E-state index in [4.69, 9.17) is 38.5 Å². The fourth-order valence-corrected chi connectivity index (χ4v) is 17.0. The fourth-order valence-electron chi connectivity index (χ4n) is 11.7. The molecular weight excluding hydrogens is 1450 g/mol. The number of aliphatic hydroxyl groups is 2. The molecule has 35 heteroatoms. The number of fused-ring (bicyclic) bond motifs is 5. The van der Waals surface area contributed by atoms with Gasteiger partial charge in [0.15, 0.2) is 0 Å². The summed E-state index contributed by atoms with van der Waals surface area (Å²) >= 11 is 8.31. The number of anilines is 10. The third kappa shape index (κ3) is 18.3. The van der Waals surface area contributed by atoms with E-state index < -0.39 is 0 Å². The molecule has 30 nitrogen and oxygen atoms in total. The van der Waals surface area contributed by atoms with E-state index in [0.717, 1.165) is 133 Å². The van der Waals surface area contributed by atoms with Crippen LogP contribution < -0.4 is 55.3 Å². The molecule has 0 saturated heterocycles. The maximum absolute atomic E-state index is 9.17. The SMILES string of the molecule is COC(C)(C)CNc1cc(N)nc2cc(-c3ccn[nH]3)sc12.C[C@@H](CO)Nc1cc(N)nc2cc(-c3ccn[nH]3)sc12.Cn1cc(-c2cc3nc(N)cc(NCCCO)c3s2)cn1.Cn1cc(CNc2cc(N)nc3cc(-c4ccn[nH]4)sc23)cn1.Nc1cc(NC2CCCC2)c2sc(-c3ccn[nH]3)cc2n1. The second kappa shape index (κ2) is 33.4. The lowest BCUT2D eigenvalue weighted by molar-refractivity contribution is 0.0344. The number of aromatic nitrogens is 17. The highest BCUT2D eigenvalue weighted by atomic mass is 32.1. The van der Waals surface area contributed by atoms with Gasteiger partial charge in [0.1, 0.15) is 29.1 Å². The molecule has 17 rings (SSSR count). The molecule has 0 unspecified atom stereocenters. The molecule has 1 aliphatic rings. The van der Waals surface area contributed by atoms with Crippen molar-refractivity contribution in [1.29, 1.82) is 0 Å². The first kappa shape index (κ1) is 74.0. The summed E-state index contributed by atoms with van der Waals surface area (Å²) in [5.41, 5.74) is 44.7. The van der Waals surface area contributed by atoms with Crippen molar-refractivity contribution < 1.29 is 14.9 Å². The number of nitrogens with two attached hydrogens (primary N) is 5. The van der Waals surface area contributed by atoms with E-state index in [9.17, 15) is 5.11 Å². The molecule has 1 fully saturated rings. The number of nitrogens with one attached hydrogen (secondary N) is 9. The Kier molecular flexibility index (Phi) is 23.1. The summed E-state index contributed by atoms with van der Waals surface area (Å²) in [7, 11) is 5.51. The topological polar surface area (TPSA) is 455 Å². The van der Waals surface area contributed by atoms with E-state index >= 15 is 0 Å². The molecule has 0 radical (unpaired) electrons. The standard InChI is InChI=1S/C15H15N7S.C15H19N5OS.C15H17N5S.C14H17N5OS.C13H15N5OS/c1-22-8-9(7-19-22)6-17-11-5-14(16)20-12-4-13(23-15(11)12)10-2-3-18-21-10;1-15(2,21-3)8-17-10-7-13(16)19-11-6-12(22-14(10)11)9-4-5-18-20-9;16-14-8-12(18-9-3-1-2-4-9)15-11(19-14)7-13(21-15)10-5-6-17-20-10;1-19-8-9(7-17-19)12-5-11-14(21-12)10(6-13(15)18-11)16-3-2-4-20;1-7(6-19)16-10-5-12(14)17-9-4-11(20-13(9)10)8-2-3-15-18-8/h2-5,7-8H,6H2,1H3,(H,18,21)(H3,16,17,20);4-7H,8H2,1-3H3,(H,18,20)(H3,16,17,19);5-9H,1-4H2,(H,17,20)(H3,16,18,19);5-8,20H,2-4H2,1H3,(H3,15,16,18);2-5,7,19H,6H2,1H3,(H,15,18)(H3,14,16,17)/t;;;;7-/m....0/s1. The number of H-pyrrole nitrogens is 4. The first-order valence-electron chi connectivity index (χ1n) is 34.3. The van der Waals surface area contributed by atoms with Crippen molar-refractivity contribution in [2.45, 2.75) is 77.1 Å². The number of ether oxygens (including phenoxy) is 1. The monoisotopic (exact) mass is 1530 g/mol. The van der Waals surface area contributed by atoms with Crippen LogP contribution in [0.25, 0.3) is 104 Å². The zero-order chi connectivity index (χ0) is 74.7. The fraction of sp³-hybridized carbons (Fsp3) is 0.264. The van der Waals surface area contributed by atoms with E-state index in [2.05, 4.69) is 109 Å². The number of hydrogen-bond acceptors (Lipinski definition) is 29. The van der Waals surface area contributed by atoms with E-state index in [1.807, 2.05) is 132 Å². The molecule has 1 aliphatic carbocycles. The number of nitrogen functional groups attached to an aromatic ring is 5. The van der Waals surface area contributed by atoms with Gasteiger partial charge in [-0.1, -0.05) is 12.8 Å². The molecule has 16 aromatic rings. The number of pyridine rings is 5. The molecule has 16 aromatic heterocycles. The van der Waals surface area contributed by atoms with Crippen molar-refractivity contribution in [3.63, 3.8) is 0 Å². The van der Waals surface area contributed by atoms with Crippen LogP contribution in [0.4, 0.5) is 57.5 Å². The van der Waals surface area contributed by atoms with Gasteiger partial charge in [0.2, 0.25) is 0 Å². The van der Waals surface area contributed by atoms with Crippen LogP contribution in [0.2, 0.25) is 0 Å². The highest BCUT2D eigenvalue weighted by molar-refractivity contribution is 7.24. The van der Waals surface area contributed by atoms with Crippen molar-refractivity contribution in [2.75, 3.05) is 88.7 Å². The average Bonchev–Trinajstić information content (AvgIpc) is 1.69. The zero-order valence-electron chi connectivity index (χ0n) is 59.5. The predicted octanol–water partition coefficient (Wildman–Crippen LogP) is 13.5. The van der Waals surface area contributed by atoms with Gasteiger partial charge in [-0.05, 0) is 94.6 Å². The largest absolute Gasteiger partial charge is 0.396 e. The summed E-state index contributed by atoms with van der Waals surface area (Å²) in [6.07, 6.45) is 20.4. The third-order valence-electron chi connectivity index (χ3n) is 17.1. The summed E-state index contributed by atoms with van der Waals surface area (Å²) in [6.45, 7) is 8.27. The van der Waals surface area contributed by atoms with Crippen LogP contribution in [0.3, 0.4) is 0 Å². The first-order valence-corrected chi connectivity index (χ1v) is 38.4. The number of aryl methyl sites for hydroxylation is 2. The van der Waals surface area contributed by atoms with Gasteiger partial charge in [-0.15, -0.1) is 56.7 Å². The van der Waals surface area contributed by atoms with Crippen molar-refractivity contribution in [1.82, 2.24) is 85.3 Å². The summed E-state index contributed by atoms with van der Waals surface area (Å²) < 4.78 is 14.4. The first-order chi connectivity index (χ1) is 51.8. The Labute approximate surface area is 634 Å². The Bertz CT molecular complexity index is 5550. The highest BCUT2D eigenvalue weighted by Crippen LogP contribution is 2.43. The molecule has 16 heterocycles. The second-order valence-corrected chi connectivity index (χ2v) is 31.2. The third-order valence-corrected chi connectivity index (χ3v) is 23.1. The van der Waals surface area contributed by atoms with Crippen molar-refractivity contribution in [2.24, 2.45) is 14.1 Å². The van der Waals surface area contributed by atoms with Gasteiger partial charge in [-0.3, -0.25) is 29.8 Å². The number of thiophene rings is 5. The maximum atomic E-state index is 9.17. The van der Waals surface area contributed by atoms with Crippen molar-refractivity contribution >= 4 is 165 Å². The lowest BCUT2D eigenvalue weighted by atomic mass is 10.1. The summed E-state index contributed by atoms with van der Waals surface area (Å²) in [4.78, 5) is 27.5. The molecule has 0 spiro atoms. The Morgan fingerprint density at radius 2 is 0.916 bits per heavy atom. The van der Waals surface area contributed by atoms with Crippen LogP contribution in [0.1, 0.15) is 58.4 Å².